The molecule has 1 aliphatic heterocycles. The van der Waals surface area contributed by atoms with Crippen molar-refractivity contribution in [2.75, 3.05) is 13.1 Å². The molecule has 0 aliphatic carbocycles. The fraction of sp³-hybridized carbons (Fsp3) is 0.353. The third-order valence-electron chi connectivity index (χ3n) is 4.76. The molecule has 0 saturated carbocycles. The lowest BCUT2D eigenvalue weighted by molar-refractivity contribution is 0.454. The summed E-state index contributed by atoms with van der Waals surface area (Å²) in [6, 6.07) is 3.28. The Hall–Kier alpha value is -2.32. The van der Waals surface area contributed by atoms with Gasteiger partial charge in [0.25, 0.3) is 0 Å². The molecule has 4 heterocycles. The first-order valence-corrected chi connectivity index (χ1v) is 9.19. The second-order valence-electron chi connectivity index (χ2n) is 6.52. The summed E-state index contributed by atoms with van der Waals surface area (Å²) in [7, 11) is 1.83. The zero-order chi connectivity index (χ0) is 17.0. The number of rotatable bonds is 2. The van der Waals surface area contributed by atoms with Gasteiger partial charge in [-0.25, -0.2) is 13.9 Å². The lowest BCUT2D eigenvalue weighted by Crippen LogP contribution is -2.26. The maximum Gasteiger partial charge on any atom is 0.212 e. The summed E-state index contributed by atoms with van der Waals surface area (Å²) in [6.07, 6.45) is 6.08. The van der Waals surface area contributed by atoms with E-state index in [1.165, 1.54) is 17.4 Å². The lowest BCUT2D eigenvalue weighted by atomic mass is 9.95. The van der Waals surface area contributed by atoms with Crippen LogP contribution in [0.3, 0.4) is 0 Å². The number of aromatic nitrogens is 5. The molecule has 4 aromatic rings. The first-order valence-electron chi connectivity index (χ1n) is 8.37. The van der Waals surface area contributed by atoms with Crippen molar-refractivity contribution < 1.29 is 4.39 Å². The summed E-state index contributed by atoms with van der Waals surface area (Å²) in [5, 5.41) is 13.7. The molecular formula is C17H17FN6S. The van der Waals surface area contributed by atoms with Gasteiger partial charge in [0.05, 0.1) is 17.4 Å². The minimum absolute atomic E-state index is 0.304. The predicted molar refractivity (Wildman–Crippen MR) is 95.4 cm³/mol. The highest BCUT2D eigenvalue weighted by Gasteiger charge is 2.20. The van der Waals surface area contributed by atoms with Gasteiger partial charge >= 0.3 is 0 Å². The van der Waals surface area contributed by atoms with E-state index in [0.717, 1.165) is 42.0 Å². The standard InChI is InChI=1S/C17H17FN6S/c1-23-8-11-6-12(13(18)7-14(11)21-23)16-22-24-9-15(20-17(24)25-16)10-2-4-19-5-3-10/h6-10,19H,2-5H2,1H3. The van der Waals surface area contributed by atoms with Crippen molar-refractivity contribution >= 4 is 27.2 Å². The Bertz CT molecular complexity index is 1040. The smallest absolute Gasteiger partial charge is 0.212 e. The highest BCUT2D eigenvalue weighted by molar-refractivity contribution is 7.19. The van der Waals surface area contributed by atoms with Crippen molar-refractivity contribution in [3.05, 3.63) is 36.0 Å². The number of piperidine rings is 1. The van der Waals surface area contributed by atoms with Crippen LogP contribution in [0.1, 0.15) is 24.5 Å². The maximum absolute atomic E-state index is 14.5. The first kappa shape index (κ1) is 15.0. The van der Waals surface area contributed by atoms with Crippen LogP contribution in [0.4, 0.5) is 4.39 Å². The average molecular weight is 356 g/mol. The molecule has 8 heteroatoms. The van der Waals surface area contributed by atoms with Gasteiger partial charge < -0.3 is 5.32 Å². The number of fused-ring (bicyclic) bond motifs is 2. The van der Waals surface area contributed by atoms with Gasteiger partial charge in [-0.1, -0.05) is 11.3 Å². The molecule has 0 unspecified atom stereocenters. The van der Waals surface area contributed by atoms with Crippen molar-refractivity contribution in [1.29, 1.82) is 0 Å². The molecule has 5 rings (SSSR count). The zero-order valence-corrected chi connectivity index (χ0v) is 14.6. The third-order valence-corrected chi connectivity index (χ3v) is 5.71. The van der Waals surface area contributed by atoms with E-state index in [1.54, 1.807) is 9.20 Å². The highest BCUT2D eigenvalue weighted by Crippen LogP contribution is 2.32. The molecular weight excluding hydrogens is 339 g/mol. The predicted octanol–water partition coefficient (Wildman–Crippen LogP) is 2.95. The Morgan fingerprint density at radius 1 is 1.20 bits per heavy atom. The van der Waals surface area contributed by atoms with Gasteiger partial charge in [-0.05, 0) is 32.0 Å². The van der Waals surface area contributed by atoms with E-state index < -0.39 is 0 Å². The number of nitrogens with zero attached hydrogens (tertiary/aromatic N) is 5. The molecule has 1 fully saturated rings. The molecule has 25 heavy (non-hydrogen) atoms. The zero-order valence-electron chi connectivity index (χ0n) is 13.7. The number of benzene rings is 1. The number of halogens is 1. The molecule has 128 valence electrons. The summed E-state index contributed by atoms with van der Waals surface area (Å²) < 4.78 is 18.0. The molecule has 1 aromatic carbocycles. The molecule has 1 aliphatic rings. The Morgan fingerprint density at radius 2 is 2.04 bits per heavy atom. The van der Waals surface area contributed by atoms with E-state index in [4.69, 9.17) is 4.98 Å². The van der Waals surface area contributed by atoms with E-state index in [1.807, 2.05) is 25.5 Å². The fourth-order valence-electron chi connectivity index (χ4n) is 3.47. The minimum atomic E-state index is -0.304. The molecule has 0 spiro atoms. The van der Waals surface area contributed by atoms with Gasteiger partial charge in [0, 0.05) is 36.2 Å². The van der Waals surface area contributed by atoms with E-state index in [9.17, 15) is 4.39 Å². The van der Waals surface area contributed by atoms with Gasteiger partial charge in [0.15, 0.2) is 5.01 Å². The Kier molecular flexibility index (Phi) is 3.36. The van der Waals surface area contributed by atoms with Crippen LogP contribution < -0.4 is 5.32 Å². The maximum atomic E-state index is 14.5. The second-order valence-corrected chi connectivity index (χ2v) is 7.47. The highest BCUT2D eigenvalue weighted by atomic mass is 32.1. The van der Waals surface area contributed by atoms with Crippen molar-refractivity contribution in [1.82, 2.24) is 29.7 Å². The van der Waals surface area contributed by atoms with Crippen LogP contribution >= 0.6 is 11.3 Å². The second kappa shape index (κ2) is 5.60. The van der Waals surface area contributed by atoms with Gasteiger partial charge in [0.1, 0.15) is 5.82 Å². The van der Waals surface area contributed by atoms with Crippen LogP contribution in [-0.4, -0.2) is 37.5 Å². The molecule has 0 amide bonds. The van der Waals surface area contributed by atoms with Gasteiger partial charge in [-0.3, -0.25) is 4.68 Å². The summed E-state index contributed by atoms with van der Waals surface area (Å²) >= 11 is 1.42. The van der Waals surface area contributed by atoms with Gasteiger partial charge in [0.2, 0.25) is 4.96 Å². The summed E-state index contributed by atoms with van der Waals surface area (Å²) in [4.78, 5) is 5.55. The van der Waals surface area contributed by atoms with Crippen molar-refractivity contribution in [2.45, 2.75) is 18.8 Å². The average Bonchev–Trinajstić information content (AvgIpc) is 3.26. The molecule has 0 bridgehead atoms. The molecule has 6 nitrogen and oxygen atoms in total. The molecule has 0 atom stereocenters. The number of imidazole rings is 1. The fourth-order valence-corrected chi connectivity index (χ4v) is 4.38. The van der Waals surface area contributed by atoms with Crippen LogP contribution in [0.5, 0.6) is 0 Å². The van der Waals surface area contributed by atoms with Gasteiger partial charge in [-0.2, -0.15) is 10.2 Å². The quantitative estimate of drug-likeness (QED) is 0.600. The number of aryl methyl sites for hydroxylation is 1. The number of hydrogen-bond acceptors (Lipinski definition) is 5. The van der Waals surface area contributed by atoms with Crippen molar-refractivity contribution in [3.8, 4) is 10.6 Å². The van der Waals surface area contributed by atoms with Crippen molar-refractivity contribution in [3.63, 3.8) is 0 Å². The Morgan fingerprint density at radius 3 is 2.84 bits per heavy atom. The molecule has 0 radical (unpaired) electrons. The number of nitrogens with one attached hydrogen (secondary N) is 1. The van der Waals surface area contributed by atoms with Crippen LogP contribution in [0.2, 0.25) is 0 Å². The van der Waals surface area contributed by atoms with E-state index >= 15 is 0 Å². The molecule has 1 N–H and O–H groups in total. The van der Waals surface area contributed by atoms with Crippen LogP contribution in [0, 0.1) is 5.82 Å². The summed E-state index contributed by atoms with van der Waals surface area (Å²) in [5.41, 5.74) is 2.24. The van der Waals surface area contributed by atoms with Crippen molar-refractivity contribution in [2.24, 2.45) is 7.05 Å². The molecule has 1 saturated heterocycles. The summed E-state index contributed by atoms with van der Waals surface area (Å²) in [5.74, 6) is 0.184. The van der Waals surface area contributed by atoms with E-state index in [0.29, 0.717) is 22.0 Å². The lowest BCUT2D eigenvalue weighted by Gasteiger charge is -2.20. The van der Waals surface area contributed by atoms with E-state index in [2.05, 4.69) is 15.5 Å². The number of hydrogen-bond donors (Lipinski definition) is 1. The third kappa shape index (κ3) is 2.52. The first-order chi connectivity index (χ1) is 12.2. The topological polar surface area (TPSA) is 60.0 Å². The van der Waals surface area contributed by atoms with Crippen LogP contribution in [0.25, 0.3) is 26.4 Å². The van der Waals surface area contributed by atoms with Crippen LogP contribution in [-0.2, 0) is 7.05 Å². The normalized spacial score (nSPS) is 16.2. The Labute approximate surface area is 147 Å². The van der Waals surface area contributed by atoms with E-state index in [-0.39, 0.29) is 5.82 Å². The molecule has 3 aromatic heterocycles. The largest absolute Gasteiger partial charge is 0.317 e. The van der Waals surface area contributed by atoms with Gasteiger partial charge in [-0.15, -0.1) is 0 Å². The SMILES string of the molecule is Cn1cc2cc(-c3nn4cc(C5CCNCC5)nc4s3)c(F)cc2n1. The minimum Gasteiger partial charge on any atom is -0.317 e. The van der Waals surface area contributed by atoms with Crippen LogP contribution in [0.15, 0.2) is 24.5 Å². The summed E-state index contributed by atoms with van der Waals surface area (Å²) in [6.45, 7) is 2.07. The Balaban J connectivity index is 1.54. The monoisotopic (exact) mass is 356 g/mol.